The Morgan fingerprint density at radius 2 is 1.60 bits per heavy atom. The van der Waals surface area contributed by atoms with E-state index in [-0.39, 0.29) is 29.5 Å². The zero-order valence-electron chi connectivity index (χ0n) is 24.4. The topological polar surface area (TPSA) is 86.8 Å². The molecule has 0 heterocycles. The van der Waals surface area contributed by atoms with Gasteiger partial charge in [-0.15, -0.1) is 0 Å². The van der Waals surface area contributed by atoms with Crippen molar-refractivity contribution >= 4 is 39.1 Å². The summed E-state index contributed by atoms with van der Waals surface area (Å²) in [5.74, 6) is -1.06. The molecule has 0 saturated heterocycles. The highest BCUT2D eigenvalue weighted by atomic mass is 35.5. The monoisotopic (exact) mass is 637 g/mol. The Hall–Kier alpha value is -3.57. The average molecular weight is 638 g/mol. The fourth-order valence-corrected chi connectivity index (χ4v) is 5.86. The van der Waals surface area contributed by atoms with E-state index in [1.807, 2.05) is 13.8 Å². The van der Waals surface area contributed by atoms with Crippen molar-refractivity contribution in [3.05, 3.63) is 94.5 Å². The Balaban J connectivity index is 2.10. The zero-order valence-corrected chi connectivity index (χ0v) is 25.9. The second kappa shape index (κ2) is 14.3. The van der Waals surface area contributed by atoms with Gasteiger partial charge in [0, 0.05) is 18.1 Å². The first kappa shape index (κ1) is 33.9. The van der Waals surface area contributed by atoms with Crippen LogP contribution < -0.4 is 9.62 Å². The van der Waals surface area contributed by atoms with Crippen LogP contribution in [0.15, 0.2) is 77.7 Å². The lowest BCUT2D eigenvalue weighted by Crippen LogP contribution is -2.52. The van der Waals surface area contributed by atoms with Gasteiger partial charge >= 0.3 is 6.18 Å². The third kappa shape index (κ3) is 8.96. The molecule has 0 bridgehead atoms. The number of rotatable bonds is 12. The van der Waals surface area contributed by atoms with E-state index in [0.717, 1.165) is 17.7 Å². The normalized spacial score (nSPS) is 12.6. The quantitative estimate of drug-likeness (QED) is 0.248. The summed E-state index contributed by atoms with van der Waals surface area (Å²) in [5, 5.41) is 3.28. The van der Waals surface area contributed by atoms with Crippen molar-refractivity contribution in [1.82, 2.24) is 10.2 Å². The van der Waals surface area contributed by atoms with Crippen LogP contribution >= 0.6 is 11.6 Å². The number of anilines is 1. The molecule has 0 aliphatic carbocycles. The highest BCUT2D eigenvalue weighted by Crippen LogP contribution is 2.33. The minimum Gasteiger partial charge on any atom is -0.354 e. The van der Waals surface area contributed by atoms with Crippen LogP contribution in [0.1, 0.15) is 43.9 Å². The highest BCUT2D eigenvalue weighted by molar-refractivity contribution is 7.92. The number of benzene rings is 3. The van der Waals surface area contributed by atoms with Crippen LogP contribution in [0, 0.1) is 12.8 Å². The molecule has 7 nitrogen and oxygen atoms in total. The predicted octanol–water partition coefficient (Wildman–Crippen LogP) is 6.44. The number of hydrogen-bond acceptors (Lipinski definition) is 4. The smallest absolute Gasteiger partial charge is 0.354 e. The Morgan fingerprint density at radius 3 is 2.16 bits per heavy atom. The zero-order chi connectivity index (χ0) is 31.9. The molecule has 0 saturated carbocycles. The second-order valence-electron chi connectivity index (χ2n) is 10.6. The van der Waals surface area contributed by atoms with Gasteiger partial charge in [0.1, 0.15) is 12.6 Å². The van der Waals surface area contributed by atoms with Gasteiger partial charge in [-0.05, 0) is 67.3 Å². The van der Waals surface area contributed by atoms with Crippen LogP contribution in [0.3, 0.4) is 0 Å². The Kier molecular flexibility index (Phi) is 11.3. The van der Waals surface area contributed by atoms with Crippen LogP contribution in [-0.2, 0) is 32.3 Å². The average Bonchev–Trinajstić information content (AvgIpc) is 2.95. The number of nitrogens with zero attached hydrogens (tertiary/aromatic N) is 2. The maximum atomic E-state index is 14.0. The van der Waals surface area contributed by atoms with E-state index in [4.69, 9.17) is 11.6 Å². The first-order valence-electron chi connectivity index (χ1n) is 13.7. The van der Waals surface area contributed by atoms with Gasteiger partial charge in [-0.3, -0.25) is 13.9 Å². The van der Waals surface area contributed by atoms with Crippen molar-refractivity contribution in [3.8, 4) is 0 Å². The van der Waals surface area contributed by atoms with Gasteiger partial charge in [0.25, 0.3) is 10.0 Å². The van der Waals surface area contributed by atoms with Crippen LogP contribution in [0.5, 0.6) is 0 Å². The molecule has 3 aromatic rings. The molecular weight excluding hydrogens is 603 g/mol. The number of amides is 2. The van der Waals surface area contributed by atoms with E-state index < -0.39 is 46.2 Å². The van der Waals surface area contributed by atoms with Crippen molar-refractivity contribution in [2.24, 2.45) is 5.92 Å². The van der Waals surface area contributed by atoms with Crippen LogP contribution in [0.25, 0.3) is 0 Å². The number of alkyl halides is 3. The van der Waals surface area contributed by atoms with Crippen molar-refractivity contribution in [2.75, 3.05) is 17.4 Å². The molecule has 0 aromatic heterocycles. The minimum atomic E-state index is -4.75. The summed E-state index contributed by atoms with van der Waals surface area (Å²) in [4.78, 5) is 28.3. The molecule has 3 aromatic carbocycles. The second-order valence-corrected chi connectivity index (χ2v) is 12.9. The van der Waals surface area contributed by atoms with E-state index in [1.54, 1.807) is 50.2 Å². The van der Waals surface area contributed by atoms with Gasteiger partial charge in [-0.25, -0.2) is 8.42 Å². The molecule has 43 heavy (non-hydrogen) atoms. The molecule has 0 aliphatic heterocycles. The number of carbonyl (C=O) groups is 2. The fraction of sp³-hybridized carbons (Fsp3) is 0.355. The molecule has 0 radical (unpaired) electrons. The number of hydrogen-bond donors (Lipinski definition) is 1. The SMILES string of the molecule is CC[C@@H](C(=O)NCC(C)C)N(Cc1ccc(Cl)cc1)C(=O)CN(c1cccc(C(F)(F)F)c1)S(=O)(=O)c1ccc(C)cc1. The Bertz CT molecular complexity index is 1510. The summed E-state index contributed by atoms with van der Waals surface area (Å²) in [6.45, 7) is 6.76. The van der Waals surface area contributed by atoms with Gasteiger partial charge in [-0.2, -0.15) is 13.2 Å². The lowest BCUT2D eigenvalue weighted by molar-refractivity contribution is -0.140. The minimum absolute atomic E-state index is 0.0649. The Morgan fingerprint density at radius 1 is 0.977 bits per heavy atom. The van der Waals surface area contributed by atoms with E-state index >= 15 is 0 Å². The fourth-order valence-electron chi connectivity index (χ4n) is 4.33. The lowest BCUT2D eigenvalue weighted by atomic mass is 10.1. The standard InChI is InChI=1S/C31H35ClF3N3O4S/c1-5-28(30(40)36-18-21(2)3)37(19-23-11-13-25(32)14-12-23)29(39)20-38(26-8-6-7-24(17-26)31(33,34)35)43(41,42)27-15-9-22(4)10-16-27/h6-17,21,28H,5,18-20H2,1-4H3,(H,36,40)/t28-/m0/s1. The van der Waals surface area contributed by atoms with E-state index in [1.165, 1.54) is 23.1 Å². The van der Waals surface area contributed by atoms with Crippen LogP contribution in [-0.4, -0.2) is 44.3 Å². The summed E-state index contributed by atoms with van der Waals surface area (Å²) in [6.07, 6.45) is -4.54. The molecular formula is C31H35ClF3N3O4S. The van der Waals surface area contributed by atoms with Crippen molar-refractivity contribution in [1.29, 1.82) is 0 Å². The van der Waals surface area contributed by atoms with E-state index in [0.29, 0.717) is 27.5 Å². The van der Waals surface area contributed by atoms with Gasteiger partial charge in [0.05, 0.1) is 16.1 Å². The van der Waals surface area contributed by atoms with Gasteiger partial charge in [0.2, 0.25) is 11.8 Å². The number of carbonyl (C=O) groups excluding carboxylic acids is 2. The largest absolute Gasteiger partial charge is 0.416 e. The molecule has 0 fully saturated rings. The van der Waals surface area contributed by atoms with Crippen LogP contribution in [0.4, 0.5) is 18.9 Å². The summed E-state index contributed by atoms with van der Waals surface area (Å²) >= 11 is 6.02. The first-order chi connectivity index (χ1) is 20.1. The molecule has 2 amide bonds. The molecule has 1 atom stereocenters. The third-order valence-electron chi connectivity index (χ3n) is 6.69. The maximum Gasteiger partial charge on any atom is 0.416 e. The van der Waals surface area contributed by atoms with Crippen molar-refractivity contribution in [3.63, 3.8) is 0 Å². The number of halogens is 4. The molecule has 0 aliphatic rings. The van der Waals surface area contributed by atoms with Gasteiger partial charge in [-0.1, -0.05) is 68.3 Å². The molecule has 3 rings (SSSR count). The van der Waals surface area contributed by atoms with Crippen molar-refractivity contribution < 1.29 is 31.2 Å². The van der Waals surface area contributed by atoms with Gasteiger partial charge in [0.15, 0.2) is 0 Å². The third-order valence-corrected chi connectivity index (χ3v) is 8.73. The summed E-state index contributed by atoms with van der Waals surface area (Å²) in [6, 6.07) is 15.2. The number of aryl methyl sites for hydroxylation is 1. The summed E-state index contributed by atoms with van der Waals surface area (Å²) in [5.41, 5.74) is -0.0144. The lowest BCUT2D eigenvalue weighted by Gasteiger charge is -2.33. The maximum absolute atomic E-state index is 14.0. The van der Waals surface area contributed by atoms with Crippen molar-refractivity contribution in [2.45, 2.75) is 57.8 Å². The van der Waals surface area contributed by atoms with E-state index in [9.17, 15) is 31.2 Å². The molecule has 0 spiro atoms. The molecule has 12 heteroatoms. The summed E-state index contributed by atoms with van der Waals surface area (Å²) < 4.78 is 69.3. The summed E-state index contributed by atoms with van der Waals surface area (Å²) in [7, 11) is -4.51. The first-order valence-corrected chi connectivity index (χ1v) is 15.5. The predicted molar refractivity (Wildman–Crippen MR) is 161 cm³/mol. The molecule has 0 unspecified atom stereocenters. The number of sulfonamides is 1. The number of nitrogens with one attached hydrogen (secondary N) is 1. The molecule has 1 N–H and O–H groups in total. The molecule has 232 valence electrons. The van der Waals surface area contributed by atoms with Gasteiger partial charge < -0.3 is 10.2 Å². The van der Waals surface area contributed by atoms with E-state index in [2.05, 4.69) is 5.32 Å². The Labute approximate surface area is 255 Å². The van der Waals surface area contributed by atoms with Crippen LogP contribution in [0.2, 0.25) is 5.02 Å². The highest BCUT2D eigenvalue weighted by Gasteiger charge is 2.36.